The van der Waals surface area contributed by atoms with Gasteiger partial charge in [-0.2, -0.15) is 0 Å². The number of rotatable bonds is 4. The topological polar surface area (TPSA) is 105 Å². The minimum atomic E-state index is -1.11. The van der Waals surface area contributed by atoms with Crippen LogP contribution in [0.15, 0.2) is 0 Å². The third kappa shape index (κ3) is 3.82. The van der Waals surface area contributed by atoms with Crippen molar-refractivity contribution in [3.63, 3.8) is 0 Å². The molecule has 3 fully saturated rings. The second kappa shape index (κ2) is 7.46. The number of imide groups is 1. The maximum atomic E-state index is 12.4. The number of nitrogens with zero attached hydrogens (tertiary/aromatic N) is 1. The summed E-state index contributed by atoms with van der Waals surface area (Å²) in [6.45, 7) is 3.36. The average Bonchev–Trinajstić information content (AvgIpc) is 3.26. The number of esters is 1. The summed E-state index contributed by atoms with van der Waals surface area (Å²) >= 11 is 1.56. The molecule has 3 rings (SSSR count). The maximum absolute atomic E-state index is 12.4. The molecule has 1 saturated carbocycles. The maximum Gasteiger partial charge on any atom is 0.330 e. The molecule has 8 nitrogen and oxygen atoms in total. The van der Waals surface area contributed by atoms with Gasteiger partial charge < -0.3 is 15.0 Å². The van der Waals surface area contributed by atoms with Crippen LogP contribution in [0.25, 0.3) is 0 Å². The van der Waals surface area contributed by atoms with Gasteiger partial charge in [0.15, 0.2) is 6.10 Å². The lowest BCUT2D eigenvalue weighted by molar-refractivity contribution is -0.161. The van der Waals surface area contributed by atoms with E-state index >= 15 is 0 Å². The number of carbonyl (C=O) groups is 4. The SMILES string of the molecule is C[C@@H](OC(=O)[C@H]1CS[C@@]2(C)CCC(=O)N12)C(=O)NC(=O)NC1CCCC1. The smallest absolute Gasteiger partial charge is 0.330 e. The van der Waals surface area contributed by atoms with E-state index in [4.69, 9.17) is 4.74 Å². The Labute approximate surface area is 156 Å². The molecule has 0 spiro atoms. The zero-order valence-electron chi connectivity index (χ0n) is 15.1. The lowest BCUT2D eigenvalue weighted by Gasteiger charge is -2.29. The van der Waals surface area contributed by atoms with Crippen LogP contribution < -0.4 is 10.6 Å². The second-order valence-corrected chi connectivity index (χ2v) is 8.79. The van der Waals surface area contributed by atoms with E-state index in [0.29, 0.717) is 18.6 Å². The molecule has 2 N–H and O–H groups in total. The van der Waals surface area contributed by atoms with Crippen molar-refractivity contribution in [3.8, 4) is 0 Å². The number of ether oxygens (including phenoxy) is 1. The van der Waals surface area contributed by atoms with Crippen LogP contribution in [-0.2, 0) is 19.1 Å². The zero-order valence-corrected chi connectivity index (χ0v) is 15.9. The van der Waals surface area contributed by atoms with Crippen molar-refractivity contribution in [2.75, 3.05) is 5.75 Å². The summed E-state index contributed by atoms with van der Waals surface area (Å²) in [6, 6.07) is -1.15. The Morgan fingerprint density at radius 2 is 2.00 bits per heavy atom. The van der Waals surface area contributed by atoms with Crippen molar-refractivity contribution in [2.24, 2.45) is 0 Å². The van der Waals surface area contributed by atoms with Gasteiger partial charge in [0, 0.05) is 18.2 Å². The van der Waals surface area contributed by atoms with E-state index in [2.05, 4.69) is 10.6 Å². The molecule has 2 aliphatic heterocycles. The van der Waals surface area contributed by atoms with E-state index in [-0.39, 0.29) is 16.8 Å². The Hall–Kier alpha value is -1.77. The van der Waals surface area contributed by atoms with Crippen LogP contribution in [0.5, 0.6) is 0 Å². The number of hydrogen-bond acceptors (Lipinski definition) is 6. The second-order valence-electron chi connectivity index (χ2n) is 7.29. The monoisotopic (exact) mass is 383 g/mol. The Balaban J connectivity index is 1.50. The van der Waals surface area contributed by atoms with E-state index in [1.54, 1.807) is 16.7 Å². The molecule has 26 heavy (non-hydrogen) atoms. The van der Waals surface area contributed by atoms with Crippen LogP contribution in [0.1, 0.15) is 52.4 Å². The fraction of sp³-hybridized carbons (Fsp3) is 0.765. The van der Waals surface area contributed by atoms with Crippen molar-refractivity contribution < 1.29 is 23.9 Å². The van der Waals surface area contributed by atoms with Gasteiger partial charge in [-0.1, -0.05) is 12.8 Å². The highest BCUT2D eigenvalue weighted by Gasteiger charge is 2.53. The summed E-state index contributed by atoms with van der Waals surface area (Å²) < 4.78 is 5.23. The predicted molar refractivity (Wildman–Crippen MR) is 95.2 cm³/mol. The largest absolute Gasteiger partial charge is 0.451 e. The first kappa shape index (κ1) is 19.0. The highest BCUT2D eigenvalue weighted by Crippen LogP contribution is 2.47. The van der Waals surface area contributed by atoms with Gasteiger partial charge >= 0.3 is 12.0 Å². The number of thioether (sulfide) groups is 1. The van der Waals surface area contributed by atoms with E-state index < -0.39 is 30.1 Å². The highest BCUT2D eigenvalue weighted by molar-refractivity contribution is 8.01. The van der Waals surface area contributed by atoms with Gasteiger partial charge in [-0.15, -0.1) is 11.8 Å². The molecule has 9 heteroatoms. The number of amides is 4. The van der Waals surface area contributed by atoms with Crippen LogP contribution in [-0.4, -0.2) is 57.5 Å². The number of carbonyl (C=O) groups excluding carboxylic acids is 4. The van der Waals surface area contributed by atoms with Crippen molar-refractivity contribution in [2.45, 2.75) is 75.4 Å². The fourth-order valence-electron chi connectivity index (χ4n) is 3.81. The molecule has 0 radical (unpaired) electrons. The van der Waals surface area contributed by atoms with Gasteiger partial charge in [-0.3, -0.25) is 14.9 Å². The molecule has 0 aromatic carbocycles. The van der Waals surface area contributed by atoms with Crippen LogP contribution in [0.4, 0.5) is 4.79 Å². The number of fused-ring (bicyclic) bond motifs is 1. The molecule has 4 amide bonds. The van der Waals surface area contributed by atoms with Crippen LogP contribution >= 0.6 is 11.8 Å². The van der Waals surface area contributed by atoms with Crippen LogP contribution in [0.2, 0.25) is 0 Å². The van der Waals surface area contributed by atoms with Gasteiger partial charge in [-0.05, 0) is 33.1 Å². The Morgan fingerprint density at radius 3 is 2.69 bits per heavy atom. The molecule has 2 saturated heterocycles. The van der Waals surface area contributed by atoms with Crippen LogP contribution in [0, 0.1) is 0 Å². The fourth-order valence-corrected chi connectivity index (χ4v) is 5.22. The molecule has 0 aromatic heterocycles. The molecule has 0 unspecified atom stereocenters. The minimum absolute atomic E-state index is 0.0625. The standard InChI is InChI=1S/C17H25N3O5S/c1-10(14(22)19-16(24)18-11-5-3-4-6-11)25-15(23)12-9-26-17(2)8-7-13(21)20(12)17/h10-12H,3-9H2,1-2H3,(H2,18,19,22,24)/t10-,12-,17+/m1/s1. The zero-order chi connectivity index (χ0) is 18.9. The molecule has 0 aromatic rings. The molecular formula is C17H25N3O5S. The summed E-state index contributed by atoms with van der Waals surface area (Å²) in [7, 11) is 0. The van der Waals surface area contributed by atoms with Gasteiger partial charge in [0.05, 0.1) is 4.87 Å². The van der Waals surface area contributed by atoms with E-state index in [9.17, 15) is 19.2 Å². The third-order valence-electron chi connectivity index (χ3n) is 5.31. The average molecular weight is 383 g/mol. The summed E-state index contributed by atoms with van der Waals surface area (Å²) in [4.78, 5) is 49.7. The molecule has 1 aliphatic carbocycles. The van der Waals surface area contributed by atoms with Crippen molar-refractivity contribution in [3.05, 3.63) is 0 Å². The summed E-state index contributed by atoms with van der Waals surface area (Å²) in [5, 5.41) is 4.96. The predicted octanol–water partition coefficient (Wildman–Crippen LogP) is 1.14. The van der Waals surface area contributed by atoms with Gasteiger partial charge in [0.2, 0.25) is 5.91 Å². The first-order valence-electron chi connectivity index (χ1n) is 9.08. The van der Waals surface area contributed by atoms with Gasteiger partial charge in [0.1, 0.15) is 6.04 Å². The number of hydrogen-bond donors (Lipinski definition) is 2. The van der Waals surface area contributed by atoms with Crippen molar-refractivity contribution in [1.29, 1.82) is 0 Å². The molecule has 0 bridgehead atoms. The van der Waals surface area contributed by atoms with Crippen molar-refractivity contribution >= 4 is 35.6 Å². The lowest BCUT2D eigenvalue weighted by Crippen LogP contribution is -2.50. The minimum Gasteiger partial charge on any atom is -0.451 e. The lowest BCUT2D eigenvalue weighted by atomic mass is 10.2. The van der Waals surface area contributed by atoms with Gasteiger partial charge in [-0.25, -0.2) is 9.59 Å². The van der Waals surface area contributed by atoms with E-state index in [0.717, 1.165) is 25.7 Å². The van der Waals surface area contributed by atoms with Crippen molar-refractivity contribution in [1.82, 2.24) is 15.5 Å². The highest BCUT2D eigenvalue weighted by atomic mass is 32.2. The first-order valence-corrected chi connectivity index (χ1v) is 10.1. The molecule has 3 atom stereocenters. The molecule has 144 valence electrons. The summed E-state index contributed by atoms with van der Waals surface area (Å²) in [5.74, 6) is -0.879. The third-order valence-corrected chi connectivity index (χ3v) is 6.81. The normalized spacial score (nSPS) is 29.4. The first-order chi connectivity index (χ1) is 12.3. The summed E-state index contributed by atoms with van der Waals surface area (Å²) in [5.41, 5.74) is 0. The Morgan fingerprint density at radius 1 is 1.31 bits per heavy atom. The van der Waals surface area contributed by atoms with Crippen LogP contribution in [0.3, 0.4) is 0 Å². The van der Waals surface area contributed by atoms with E-state index in [1.165, 1.54) is 6.92 Å². The quantitative estimate of drug-likeness (QED) is 0.706. The van der Waals surface area contributed by atoms with E-state index in [1.807, 2.05) is 6.92 Å². The molecule has 3 aliphatic rings. The van der Waals surface area contributed by atoms with Gasteiger partial charge in [0.25, 0.3) is 5.91 Å². The summed E-state index contributed by atoms with van der Waals surface area (Å²) in [6.07, 6.45) is 3.98. The molecular weight excluding hydrogens is 358 g/mol. The molecule has 2 heterocycles. The number of nitrogens with one attached hydrogen (secondary N) is 2. The Bertz CT molecular complexity index is 622. The Kier molecular flexibility index (Phi) is 5.45. The number of urea groups is 1.